The van der Waals surface area contributed by atoms with Crippen LogP contribution in [0.25, 0.3) is 0 Å². The molecule has 0 aliphatic carbocycles. The average Bonchev–Trinajstić information content (AvgIpc) is 2.67. The number of aryl methyl sites for hydroxylation is 2. The molecule has 90 valence electrons. The summed E-state index contributed by atoms with van der Waals surface area (Å²) < 4.78 is 6.37. The molecule has 0 bridgehead atoms. The molecule has 0 spiro atoms. The van der Waals surface area contributed by atoms with E-state index in [0.29, 0.717) is 11.1 Å². The summed E-state index contributed by atoms with van der Waals surface area (Å²) in [5, 5.41) is 0. The number of ether oxygens (including phenoxy) is 1. The minimum absolute atomic E-state index is 0.522. The van der Waals surface area contributed by atoms with E-state index in [4.69, 9.17) is 16.3 Å². The van der Waals surface area contributed by atoms with Crippen LogP contribution in [0, 0.1) is 20.8 Å². The highest BCUT2D eigenvalue weighted by molar-refractivity contribution is 7.15. The molecular formula is C13H14ClNOS. The Hall–Kier alpha value is -1.06. The number of rotatable bonds is 3. The third-order valence-electron chi connectivity index (χ3n) is 2.66. The molecule has 0 radical (unpaired) electrons. The van der Waals surface area contributed by atoms with Gasteiger partial charge in [-0.25, -0.2) is 4.98 Å². The average molecular weight is 268 g/mol. The number of hydrogen-bond acceptors (Lipinski definition) is 3. The lowest BCUT2D eigenvalue weighted by atomic mass is 10.1. The van der Waals surface area contributed by atoms with Crippen molar-refractivity contribution in [1.29, 1.82) is 0 Å². The molecule has 0 saturated heterocycles. The van der Waals surface area contributed by atoms with Crippen molar-refractivity contribution in [2.24, 2.45) is 0 Å². The Balaban J connectivity index is 2.14. The van der Waals surface area contributed by atoms with Crippen LogP contribution >= 0.6 is 22.9 Å². The predicted octanol–water partition coefficient (Wildman–Crippen LogP) is 4.30. The molecule has 4 heteroatoms. The van der Waals surface area contributed by atoms with E-state index >= 15 is 0 Å². The molecule has 2 aromatic rings. The number of aromatic nitrogens is 1. The Bertz CT molecular complexity index is 536. The van der Waals surface area contributed by atoms with Gasteiger partial charge in [-0.05, 0) is 43.5 Å². The van der Waals surface area contributed by atoms with Gasteiger partial charge in [0.15, 0.2) is 4.47 Å². The van der Waals surface area contributed by atoms with Crippen LogP contribution in [0.3, 0.4) is 0 Å². The van der Waals surface area contributed by atoms with Gasteiger partial charge in [0.25, 0.3) is 0 Å². The zero-order chi connectivity index (χ0) is 12.4. The lowest BCUT2D eigenvalue weighted by molar-refractivity contribution is 0.307. The first-order valence-corrected chi connectivity index (χ1v) is 6.56. The van der Waals surface area contributed by atoms with Crippen molar-refractivity contribution >= 4 is 22.9 Å². The van der Waals surface area contributed by atoms with Gasteiger partial charge in [0.1, 0.15) is 12.4 Å². The topological polar surface area (TPSA) is 22.1 Å². The lowest BCUT2D eigenvalue weighted by Gasteiger charge is -2.11. The number of thiazole rings is 1. The Kier molecular flexibility index (Phi) is 3.69. The number of hydrogen-bond donors (Lipinski definition) is 0. The molecule has 0 N–H and O–H groups in total. The van der Waals surface area contributed by atoms with Crippen molar-refractivity contribution in [3.63, 3.8) is 0 Å². The van der Waals surface area contributed by atoms with E-state index in [0.717, 1.165) is 10.6 Å². The highest BCUT2D eigenvalue weighted by Crippen LogP contribution is 2.25. The molecule has 0 amide bonds. The molecule has 1 aromatic carbocycles. The molecule has 0 aliphatic rings. The standard InChI is InChI=1S/C13H14ClNOS/c1-8-4-9(2)10(3)12(5-8)16-7-11-6-15-13(14)17-11/h4-6H,7H2,1-3H3. The van der Waals surface area contributed by atoms with E-state index in [1.54, 1.807) is 6.20 Å². The van der Waals surface area contributed by atoms with Gasteiger partial charge in [-0.3, -0.25) is 0 Å². The zero-order valence-corrected chi connectivity index (χ0v) is 11.7. The van der Waals surface area contributed by atoms with Crippen molar-refractivity contribution in [2.75, 3.05) is 0 Å². The van der Waals surface area contributed by atoms with Crippen LogP contribution in [-0.4, -0.2) is 4.98 Å². The molecule has 0 atom stereocenters. The molecule has 0 unspecified atom stereocenters. The molecule has 1 heterocycles. The molecule has 1 aromatic heterocycles. The van der Waals surface area contributed by atoms with Crippen LogP contribution in [0.4, 0.5) is 0 Å². The molecule has 17 heavy (non-hydrogen) atoms. The number of benzene rings is 1. The van der Waals surface area contributed by atoms with Gasteiger partial charge in [-0.2, -0.15) is 0 Å². The fraction of sp³-hybridized carbons (Fsp3) is 0.308. The van der Waals surface area contributed by atoms with E-state index in [1.165, 1.54) is 28.0 Å². The van der Waals surface area contributed by atoms with Crippen molar-refractivity contribution in [3.05, 3.63) is 44.4 Å². The van der Waals surface area contributed by atoms with E-state index in [-0.39, 0.29) is 0 Å². The van der Waals surface area contributed by atoms with Gasteiger partial charge in [0.05, 0.1) is 4.88 Å². The van der Waals surface area contributed by atoms with E-state index in [1.807, 2.05) is 0 Å². The monoisotopic (exact) mass is 267 g/mol. The minimum atomic E-state index is 0.522. The fourth-order valence-corrected chi connectivity index (χ4v) is 2.54. The Morgan fingerprint density at radius 2 is 2.06 bits per heavy atom. The van der Waals surface area contributed by atoms with Gasteiger partial charge in [-0.15, -0.1) is 11.3 Å². The minimum Gasteiger partial charge on any atom is -0.488 e. The van der Waals surface area contributed by atoms with E-state index < -0.39 is 0 Å². The van der Waals surface area contributed by atoms with Gasteiger partial charge in [-0.1, -0.05) is 17.7 Å². The lowest BCUT2D eigenvalue weighted by Crippen LogP contribution is -1.97. The van der Waals surface area contributed by atoms with Crippen molar-refractivity contribution in [2.45, 2.75) is 27.4 Å². The first-order chi connectivity index (χ1) is 8.06. The molecule has 2 rings (SSSR count). The summed E-state index contributed by atoms with van der Waals surface area (Å²) in [5.41, 5.74) is 3.65. The largest absolute Gasteiger partial charge is 0.488 e. The third kappa shape index (κ3) is 2.99. The van der Waals surface area contributed by atoms with Gasteiger partial charge in [0, 0.05) is 6.20 Å². The second-order valence-corrected chi connectivity index (χ2v) is 5.77. The van der Waals surface area contributed by atoms with E-state index in [2.05, 4.69) is 37.9 Å². The van der Waals surface area contributed by atoms with Crippen LogP contribution < -0.4 is 4.74 Å². The Morgan fingerprint density at radius 3 is 2.71 bits per heavy atom. The maximum absolute atomic E-state index is 5.81. The summed E-state index contributed by atoms with van der Waals surface area (Å²) in [6.45, 7) is 6.76. The smallest absolute Gasteiger partial charge is 0.183 e. The van der Waals surface area contributed by atoms with Crippen molar-refractivity contribution in [1.82, 2.24) is 4.98 Å². The predicted molar refractivity (Wildman–Crippen MR) is 72.1 cm³/mol. The van der Waals surface area contributed by atoms with Gasteiger partial charge in [0.2, 0.25) is 0 Å². The highest BCUT2D eigenvalue weighted by Gasteiger charge is 2.05. The third-order valence-corrected chi connectivity index (χ3v) is 3.75. The summed E-state index contributed by atoms with van der Waals surface area (Å²) in [5.74, 6) is 0.937. The summed E-state index contributed by atoms with van der Waals surface area (Å²) in [6.07, 6.45) is 1.75. The SMILES string of the molecule is Cc1cc(C)c(C)c(OCc2cnc(Cl)s2)c1. The zero-order valence-electron chi connectivity index (χ0n) is 10.1. The second kappa shape index (κ2) is 5.07. The van der Waals surface area contributed by atoms with Crippen LogP contribution in [0.5, 0.6) is 5.75 Å². The first kappa shape index (κ1) is 12.4. The second-order valence-electron chi connectivity index (χ2n) is 4.07. The summed E-state index contributed by atoms with van der Waals surface area (Å²) in [7, 11) is 0. The Labute approximate surface area is 110 Å². The first-order valence-electron chi connectivity index (χ1n) is 5.37. The Morgan fingerprint density at radius 1 is 1.29 bits per heavy atom. The number of halogens is 1. The quantitative estimate of drug-likeness (QED) is 0.827. The summed E-state index contributed by atoms with van der Waals surface area (Å²) >= 11 is 7.23. The molecule has 0 aliphatic heterocycles. The maximum atomic E-state index is 5.81. The number of nitrogens with zero attached hydrogens (tertiary/aromatic N) is 1. The highest BCUT2D eigenvalue weighted by atomic mass is 35.5. The van der Waals surface area contributed by atoms with Crippen molar-refractivity contribution in [3.8, 4) is 5.75 Å². The molecule has 0 saturated carbocycles. The van der Waals surface area contributed by atoms with Crippen LogP contribution in [0.2, 0.25) is 4.47 Å². The normalized spacial score (nSPS) is 10.6. The maximum Gasteiger partial charge on any atom is 0.183 e. The molecular weight excluding hydrogens is 254 g/mol. The summed E-state index contributed by atoms with van der Waals surface area (Å²) in [6, 6.07) is 4.22. The fourth-order valence-electron chi connectivity index (χ4n) is 1.65. The molecule has 0 fully saturated rings. The van der Waals surface area contributed by atoms with E-state index in [9.17, 15) is 0 Å². The van der Waals surface area contributed by atoms with Gasteiger partial charge < -0.3 is 4.74 Å². The molecule has 2 nitrogen and oxygen atoms in total. The summed E-state index contributed by atoms with van der Waals surface area (Å²) in [4.78, 5) is 5.03. The van der Waals surface area contributed by atoms with Crippen LogP contribution in [0.15, 0.2) is 18.3 Å². The van der Waals surface area contributed by atoms with Gasteiger partial charge >= 0.3 is 0 Å². The van der Waals surface area contributed by atoms with Crippen molar-refractivity contribution < 1.29 is 4.74 Å². The van der Waals surface area contributed by atoms with Crippen LogP contribution in [-0.2, 0) is 6.61 Å². The van der Waals surface area contributed by atoms with Crippen LogP contribution in [0.1, 0.15) is 21.6 Å².